The lowest BCUT2D eigenvalue weighted by Crippen LogP contribution is -2.58. The van der Waals surface area contributed by atoms with E-state index in [9.17, 15) is 52.7 Å². The van der Waals surface area contributed by atoms with Crippen LogP contribution in [0.3, 0.4) is 0 Å². The van der Waals surface area contributed by atoms with Crippen molar-refractivity contribution in [2.75, 3.05) is 26.4 Å². The second-order valence-corrected chi connectivity index (χ2v) is 42.4. The summed E-state index contributed by atoms with van der Waals surface area (Å²) in [6.45, 7) is 58.6. The fourth-order valence-electron chi connectivity index (χ4n) is 16.8. The van der Waals surface area contributed by atoms with Gasteiger partial charge in [0.1, 0.15) is 67.6 Å². The van der Waals surface area contributed by atoms with E-state index >= 15 is 0 Å². The van der Waals surface area contributed by atoms with Crippen LogP contribution >= 0.6 is 0 Å². The Kier molecular flexibility index (Phi) is 34.4. The van der Waals surface area contributed by atoms with Gasteiger partial charge in [-0.15, -0.1) is 0 Å². The number of esters is 10. The fourth-order valence-corrected chi connectivity index (χ4v) is 16.8. The zero-order valence-corrected chi connectivity index (χ0v) is 77.2. The minimum atomic E-state index is -0.703. The van der Waals surface area contributed by atoms with Gasteiger partial charge in [0, 0.05) is 28.1 Å². The number of ether oxygens (including phenoxy) is 12. The van der Waals surface area contributed by atoms with Gasteiger partial charge in [0.05, 0.1) is 56.7 Å². The Balaban J connectivity index is 0.000000243. The Bertz CT molecular complexity index is 3210. The third-order valence-electron chi connectivity index (χ3n) is 28.8. The summed E-state index contributed by atoms with van der Waals surface area (Å²) in [6.07, 6.45) is 22.2. The summed E-state index contributed by atoms with van der Waals surface area (Å²) in [7, 11) is 0. The molecular weight excluding hydrogens is 1480 g/mol. The molecular formula is C93H156O23. The molecule has 116 heavy (non-hydrogen) atoms. The van der Waals surface area contributed by atoms with E-state index in [-0.39, 0.29) is 179 Å². The predicted octanol–water partition coefficient (Wildman–Crippen LogP) is 19.6. The number of rotatable bonds is 23. The number of carbonyl (C=O) groups is 11. The second-order valence-electron chi connectivity index (χ2n) is 42.4. The molecule has 0 amide bonds. The molecule has 12 rings (SSSR count). The van der Waals surface area contributed by atoms with Gasteiger partial charge in [-0.25, -0.2) is 4.79 Å². The van der Waals surface area contributed by atoms with Crippen LogP contribution in [0.25, 0.3) is 0 Å². The van der Waals surface area contributed by atoms with E-state index in [1.165, 1.54) is 64.2 Å². The first-order chi connectivity index (χ1) is 53.3. The van der Waals surface area contributed by atoms with Crippen molar-refractivity contribution in [1.29, 1.82) is 0 Å². The highest BCUT2D eigenvalue weighted by molar-refractivity contribution is 5.81. The van der Waals surface area contributed by atoms with Crippen LogP contribution in [0.1, 0.15) is 361 Å². The lowest BCUT2D eigenvalue weighted by atomic mass is 9.46. The Morgan fingerprint density at radius 2 is 0.741 bits per heavy atom. The van der Waals surface area contributed by atoms with Gasteiger partial charge in [-0.3, -0.25) is 47.9 Å². The summed E-state index contributed by atoms with van der Waals surface area (Å²) in [5.41, 5.74) is -3.47. The molecule has 0 spiro atoms. The number of hydrogen-bond donors (Lipinski definition) is 0. The van der Waals surface area contributed by atoms with Gasteiger partial charge in [0.25, 0.3) is 0 Å². The predicted molar refractivity (Wildman–Crippen MR) is 440 cm³/mol. The molecule has 0 radical (unpaired) electrons. The molecule has 4 aliphatic heterocycles. The molecule has 4 heterocycles. The highest BCUT2D eigenvalue weighted by atomic mass is 16.8. The summed E-state index contributed by atoms with van der Waals surface area (Å²) < 4.78 is 63.2. The van der Waals surface area contributed by atoms with E-state index in [1.807, 2.05) is 138 Å². The van der Waals surface area contributed by atoms with E-state index in [1.54, 1.807) is 0 Å². The van der Waals surface area contributed by atoms with Crippen molar-refractivity contribution in [3.63, 3.8) is 0 Å². The molecule has 6 bridgehead atoms. The van der Waals surface area contributed by atoms with Crippen LogP contribution in [0, 0.1) is 89.7 Å². The minimum absolute atomic E-state index is 0.00857. The van der Waals surface area contributed by atoms with Crippen molar-refractivity contribution >= 4 is 65.8 Å². The van der Waals surface area contributed by atoms with Crippen LogP contribution in [-0.2, 0) is 105 Å². The molecule has 0 aromatic rings. The monoisotopic (exact) mass is 1640 g/mol. The van der Waals surface area contributed by atoms with Gasteiger partial charge < -0.3 is 56.8 Å². The Labute approximate surface area is 696 Å². The van der Waals surface area contributed by atoms with E-state index in [4.69, 9.17) is 52.1 Å². The maximum Gasteiger partial charge on any atom is 0.508 e. The van der Waals surface area contributed by atoms with E-state index in [0.717, 1.165) is 82.0 Å². The van der Waals surface area contributed by atoms with Crippen LogP contribution in [0.15, 0.2) is 0 Å². The summed E-state index contributed by atoms with van der Waals surface area (Å²) in [5, 5.41) is 0. The Hall–Kier alpha value is -6.03. The molecule has 8 aliphatic carbocycles. The molecule has 23 nitrogen and oxygen atoms in total. The van der Waals surface area contributed by atoms with Crippen LogP contribution in [0.5, 0.6) is 0 Å². The summed E-state index contributed by atoms with van der Waals surface area (Å²) >= 11 is 0. The smallest absolute Gasteiger partial charge is 0.462 e. The van der Waals surface area contributed by atoms with Crippen molar-refractivity contribution < 1.29 is 110 Å². The van der Waals surface area contributed by atoms with Gasteiger partial charge in [0.15, 0.2) is 6.10 Å². The summed E-state index contributed by atoms with van der Waals surface area (Å²) in [6, 6.07) is 0. The number of carbonyl (C=O) groups excluding carboxylic acids is 11. The zero-order valence-electron chi connectivity index (χ0n) is 77.2. The maximum absolute atomic E-state index is 12.6. The van der Waals surface area contributed by atoms with Crippen molar-refractivity contribution in [2.24, 2.45) is 89.7 Å². The minimum Gasteiger partial charge on any atom is -0.462 e. The highest BCUT2D eigenvalue weighted by Crippen LogP contribution is 2.65. The Morgan fingerprint density at radius 1 is 0.397 bits per heavy atom. The third kappa shape index (κ3) is 25.5. The SMILES string of the molecule is CCC(C)(C)C(=O)OC(C)(C)C12CC3CC(CC(C3)C1)C2.CCC(C)(C)C(=O)OC1(C(C)(C)C)CCCC1.CCC(C)(C)C(=O)OC1(C(C)(C)C)CCCC1.CCC(C)(C)C(=O)OC1C2CC3C(=O)OC1C3C2.CCC(C)(C)C(=O)OC1COC(=O)C1.CCC(C)(C)C(=O)OC1COC(=O)C1.CCC(C)(C)C(=O)OCC1COC(=O)O1. The van der Waals surface area contributed by atoms with Gasteiger partial charge in [-0.2, -0.15) is 0 Å². The average molecular weight is 1640 g/mol. The van der Waals surface area contributed by atoms with E-state index in [0.29, 0.717) is 31.1 Å². The number of fused-ring (bicyclic) bond motifs is 1. The topological polar surface area (TPSA) is 299 Å². The van der Waals surface area contributed by atoms with Gasteiger partial charge in [0.2, 0.25) is 0 Å². The number of cyclic esters (lactones) is 4. The maximum atomic E-state index is 12.6. The first kappa shape index (κ1) is 101. The average Bonchev–Trinajstić information content (AvgIpc) is 1.08. The normalized spacial score (nSPS) is 27.3. The van der Waals surface area contributed by atoms with Crippen molar-refractivity contribution in [2.45, 2.75) is 409 Å². The molecule has 12 aliphatic rings. The van der Waals surface area contributed by atoms with E-state index in [2.05, 4.69) is 67.1 Å². The molecule has 666 valence electrons. The fraction of sp³-hybridized carbons (Fsp3) is 0.882. The first-order valence-electron chi connectivity index (χ1n) is 44.1. The van der Waals surface area contributed by atoms with Gasteiger partial charge in [-0.1, -0.05) is 90.0 Å². The van der Waals surface area contributed by atoms with Crippen molar-refractivity contribution in [1.82, 2.24) is 0 Å². The van der Waals surface area contributed by atoms with Crippen LogP contribution < -0.4 is 0 Å². The van der Waals surface area contributed by atoms with Crippen LogP contribution in [0.2, 0.25) is 0 Å². The standard InChI is InChI=1S/C19H32O2.2C15H28O2.C14H20O4.C10H16O5.2C10H16O4/c1-6-17(2,3)16(20)21-18(4,5)19-10-13-7-14(11-19)9-15(8-13)12-19;2*1-7-14(5,6)12(16)17-15(13(2,3)4)10-8-9-11-15;1-4-14(2,3)13(16)18-10-7-5-8-9(6-7)12(15)17-11(8)10;1-4-10(2,3)8(11)13-5-7-6-14-9(12)15-7;2*1-4-10(2,3)9(12)14-7-5-8(11)13-6-7/h13-15H,6-12H2,1-5H3;2*7-11H2,1-6H3;7-11H,4-6H2,1-3H3;7H,4-6H2,1-3H3;2*7H,4-6H2,1-3H3. The van der Waals surface area contributed by atoms with Gasteiger partial charge in [-0.05, 0) is 276 Å². The first-order valence-corrected chi connectivity index (χ1v) is 44.1. The van der Waals surface area contributed by atoms with Crippen LogP contribution in [0.4, 0.5) is 4.79 Å². The Morgan fingerprint density at radius 3 is 1.07 bits per heavy atom. The molecule has 8 atom stereocenters. The lowest BCUT2D eigenvalue weighted by molar-refractivity contribution is -0.206. The van der Waals surface area contributed by atoms with E-state index < -0.39 is 33.9 Å². The largest absolute Gasteiger partial charge is 0.508 e. The highest BCUT2D eigenvalue weighted by Gasteiger charge is 2.64. The molecule has 8 unspecified atom stereocenters. The van der Waals surface area contributed by atoms with Crippen LogP contribution in [-0.4, -0.2) is 140 Å². The molecule has 0 aromatic heterocycles. The quantitative estimate of drug-likeness (QED) is 0.0678. The summed E-state index contributed by atoms with van der Waals surface area (Å²) in [5.74, 6) is 1.68. The van der Waals surface area contributed by atoms with Crippen molar-refractivity contribution in [3.05, 3.63) is 0 Å². The zero-order chi connectivity index (χ0) is 88.2. The van der Waals surface area contributed by atoms with Crippen molar-refractivity contribution in [3.8, 4) is 0 Å². The molecule has 23 heteroatoms. The summed E-state index contributed by atoms with van der Waals surface area (Å²) in [4.78, 5) is 128. The molecule has 4 saturated heterocycles. The lowest BCUT2D eigenvalue weighted by Gasteiger charge is -2.61. The third-order valence-corrected chi connectivity index (χ3v) is 28.8. The molecule has 12 fully saturated rings. The molecule has 0 aromatic carbocycles. The molecule has 8 saturated carbocycles. The second kappa shape index (κ2) is 39.7. The van der Waals surface area contributed by atoms with Gasteiger partial charge >= 0.3 is 65.8 Å². The molecule has 0 N–H and O–H groups in total. The number of hydrogen-bond acceptors (Lipinski definition) is 23.